The molecular formula is C7H13NO3. The van der Waals surface area contributed by atoms with Crippen LogP contribution in [-0.4, -0.2) is 24.0 Å². The zero-order valence-corrected chi connectivity index (χ0v) is 6.54. The molecule has 1 aliphatic heterocycles. The van der Waals surface area contributed by atoms with Crippen molar-refractivity contribution in [2.75, 3.05) is 6.54 Å². The van der Waals surface area contributed by atoms with E-state index >= 15 is 0 Å². The van der Waals surface area contributed by atoms with Gasteiger partial charge in [0.15, 0.2) is 6.23 Å². The summed E-state index contributed by atoms with van der Waals surface area (Å²) >= 11 is 0. The summed E-state index contributed by atoms with van der Waals surface area (Å²) in [5.74, 6) is 0.556. The highest BCUT2D eigenvalue weighted by molar-refractivity contribution is 5.57. The molecule has 1 saturated heterocycles. The third-order valence-corrected chi connectivity index (χ3v) is 1.87. The van der Waals surface area contributed by atoms with E-state index in [-0.39, 0.29) is 6.23 Å². The van der Waals surface area contributed by atoms with Gasteiger partial charge in [-0.3, -0.25) is 5.32 Å². The van der Waals surface area contributed by atoms with E-state index in [4.69, 9.17) is 5.11 Å². The lowest BCUT2D eigenvalue weighted by molar-refractivity contribution is 0.0153. The first-order valence-electron chi connectivity index (χ1n) is 3.81. The Labute approximate surface area is 65.5 Å². The van der Waals surface area contributed by atoms with Gasteiger partial charge in [0.05, 0.1) is 0 Å². The maximum Gasteiger partial charge on any atom is 0.507 e. The molecule has 0 saturated carbocycles. The first-order valence-corrected chi connectivity index (χ1v) is 3.81. The topological polar surface area (TPSA) is 58.6 Å². The van der Waals surface area contributed by atoms with Crippen LogP contribution in [0, 0.1) is 5.92 Å². The van der Waals surface area contributed by atoms with Gasteiger partial charge in [0, 0.05) is 6.42 Å². The standard InChI is InChI=1S/C7H13NO3/c1-5-2-3-8-6(4-5)11-7(9)10/h5-6,8H,2-4H2,1H3,(H,9,10). The molecule has 0 spiro atoms. The van der Waals surface area contributed by atoms with Crippen molar-refractivity contribution in [3.8, 4) is 0 Å². The molecule has 0 aromatic rings. The summed E-state index contributed by atoms with van der Waals surface area (Å²) in [7, 11) is 0. The van der Waals surface area contributed by atoms with Gasteiger partial charge in [-0.05, 0) is 18.9 Å². The molecule has 4 heteroatoms. The minimum Gasteiger partial charge on any atom is -0.450 e. The van der Waals surface area contributed by atoms with Crippen molar-refractivity contribution in [1.82, 2.24) is 5.32 Å². The van der Waals surface area contributed by atoms with Crippen molar-refractivity contribution < 1.29 is 14.6 Å². The molecule has 0 aromatic carbocycles. The molecular weight excluding hydrogens is 146 g/mol. The fourth-order valence-corrected chi connectivity index (χ4v) is 1.27. The van der Waals surface area contributed by atoms with Crippen LogP contribution in [0.5, 0.6) is 0 Å². The smallest absolute Gasteiger partial charge is 0.450 e. The maximum absolute atomic E-state index is 10.1. The first-order chi connectivity index (χ1) is 5.18. The second kappa shape index (κ2) is 3.57. The molecule has 4 nitrogen and oxygen atoms in total. The number of hydrogen-bond donors (Lipinski definition) is 2. The molecule has 1 aliphatic rings. The van der Waals surface area contributed by atoms with Crippen LogP contribution < -0.4 is 5.32 Å². The third-order valence-electron chi connectivity index (χ3n) is 1.87. The van der Waals surface area contributed by atoms with E-state index in [1.807, 2.05) is 0 Å². The predicted octanol–water partition coefficient (Wildman–Crippen LogP) is 1.03. The van der Waals surface area contributed by atoms with Gasteiger partial charge in [0.25, 0.3) is 0 Å². The van der Waals surface area contributed by atoms with Crippen LogP contribution in [0.4, 0.5) is 4.79 Å². The van der Waals surface area contributed by atoms with E-state index in [1.54, 1.807) is 0 Å². The molecule has 2 atom stereocenters. The molecule has 2 N–H and O–H groups in total. The number of carbonyl (C=O) groups is 1. The minimum atomic E-state index is -1.20. The van der Waals surface area contributed by atoms with Gasteiger partial charge >= 0.3 is 6.16 Å². The van der Waals surface area contributed by atoms with Gasteiger partial charge < -0.3 is 9.84 Å². The summed E-state index contributed by atoms with van der Waals surface area (Å²) in [5.41, 5.74) is 0. The number of hydrogen-bond acceptors (Lipinski definition) is 3. The molecule has 0 bridgehead atoms. The zero-order valence-electron chi connectivity index (χ0n) is 6.54. The minimum absolute atomic E-state index is 0.295. The molecule has 1 fully saturated rings. The molecule has 0 radical (unpaired) electrons. The fraction of sp³-hybridized carbons (Fsp3) is 0.857. The molecule has 11 heavy (non-hydrogen) atoms. The highest BCUT2D eigenvalue weighted by Gasteiger charge is 2.20. The van der Waals surface area contributed by atoms with Gasteiger partial charge in [0.1, 0.15) is 0 Å². The number of rotatable bonds is 1. The van der Waals surface area contributed by atoms with Crippen LogP contribution in [0.1, 0.15) is 19.8 Å². The van der Waals surface area contributed by atoms with Gasteiger partial charge in [-0.2, -0.15) is 0 Å². The predicted molar refractivity (Wildman–Crippen MR) is 39.3 cm³/mol. The van der Waals surface area contributed by atoms with Gasteiger partial charge in [-0.1, -0.05) is 6.92 Å². The first kappa shape index (κ1) is 8.33. The quantitative estimate of drug-likeness (QED) is 0.561. The SMILES string of the molecule is CC1CCNC(OC(=O)O)C1. The molecule has 1 heterocycles. The molecule has 1 rings (SSSR count). The van der Waals surface area contributed by atoms with Crippen molar-refractivity contribution in [1.29, 1.82) is 0 Å². The summed E-state index contributed by atoms with van der Waals surface area (Å²) in [6, 6.07) is 0. The van der Waals surface area contributed by atoms with Crippen molar-refractivity contribution in [3.05, 3.63) is 0 Å². The summed E-state index contributed by atoms with van der Waals surface area (Å²) in [5, 5.41) is 11.3. The Balaban J connectivity index is 2.28. The Morgan fingerprint density at radius 1 is 1.73 bits per heavy atom. The van der Waals surface area contributed by atoms with Crippen molar-refractivity contribution in [2.45, 2.75) is 26.0 Å². The molecule has 64 valence electrons. The van der Waals surface area contributed by atoms with Crippen LogP contribution in [0.3, 0.4) is 0 Å². The van der Waals surface area contributed by atoms with Crippen LogP contribution in [-0.2, 0) is 4.74 Å². The lowest BCUT2D eigenvalue weighted by atomic mass is 9.99. The average Bonchev–Trinajstić information content (AvgIpc) is 1.85. The Hall–Kier alpha value is -0.770. The van der Waals surface area contributed by atoms with Crippen LogP contribution in [0.2, 0.25) is 0 Å². The Morgan fingerprint density at radius 2 is 2.45 bits per heavy atom. The zero-order chi connectivity index (χ0) is 8.27. The van der Waals surface area contributed by atoms with Crippen molar-refractivity contribution in [3.63, 3.8) is 0 Å². The lowest BCUT2D eigenvalue weighted by Crippen LogP contribution is -2.40. The largest absolute Gasteiger partial charge is 0.507 e. The molecule has 0 aromatic heterocycles. The number of ether oxygens (including phenoxy) is 1. The van der Waals surface area contributed by atoms with Crippen LogP contribution >= 0.6 is 0 Å². The normalized spacial score (nSPS) is 31.4. The second-order valence-corrected chi connectivity index (χ2v) is 2.96. The van der Waals surface area contributed by atoms with E-state index in [0.29, 0.717) is 5.92 Å². The van der Waals surface area contributed by atoms with Crippen LogP contribution in [0.15, 0.2) is 0 Å². The monoisotopic (exact) mass is 159 g/mol. The highest BCUT2D eigenvalue weighted by Crippen LogP contribution is 2.15. The molecule has 0 aliphatic carbocycles. The number of carboxylic acid groups (broad SMARTS) is 1. The number of nitrogens with one attached hydrogen (secondary N) is 1. The van der Waals surface area contributed by atoms with Gasteiger partial charge in [0.2, 0.25) is 0 Å². The third kappa shape index (κ3) is 2.76. The molecule has 0 amide bonds. The van der Waals surface area contributed by atoms with E-state index in [0.717, 1.165) is 19.4 Å². The van der Waals surface area contributed by atoms with E-state index in [2.05, 4.69) is 17.0 Å². The van der Waals surface area contributed by atoms with Gasteiger partial charge in [-0.25, -0.2) is 4.79 Å². The van der Waals surface area contributed by atoms with E-state index in [9.17, 15) is 4.79 Å². The second-order valence-electron chi connectivity index (χ2n) is 2.96. The van der Waals surface area contributed by atoms with Crippen molar-refractivity contribution >= 4 is 6.16 Å². The molecule has 2 unspecified atom stereocenters. The van der Waals surface area contributed by atoms with E-state index < -0.39 is 6.16 Å². The Morgan fingerprint density at radius 3 is 3.00 bits per heavy atom. The Bertz CT molecular complexity index is 149. The Kier molecular flexibility index (Phi) is 2.70. The number of piperidine rings is 1. The lowest BCUT2D eigenvalue weighted by Gasteiger charge is -2.26. The summed E-state index contributed by atoms with van der Waals surface area (Å²) in [4.78, 5) is 10.1. The summed E-state index contributed by atoms with van der Waals surface area (Å²) in [6.07, 6.45) is 0.388. The average molecular weight is 159 g/mol. The van der Waals surface area contributed by atoms with Gasteiger partial charge in [-0.15, -0.1) is 0 Å². The van der Waals surface area contributed by atoms with E-state index in [1.165, 1.54) is 0 Å². The fourth-order valence-electron chi connectivity index (χ4n) is 1.27. The maximum atomic E-state index is 10.1. The highest BCUT2D eigenvalue weighted by atomic mass is 16.7. The summed E-state index contributed by atoms with van der Waals surface area (Å²) in [6.45, 7) is 2.94. The van der Waals surface area contributed by atoms with Crippen LogP contribution in [0.25, 0.3) is 0 Å². The summed E-state index contributed by atoms with van der Waals surface area (Å²) < 4.78 is 4.57. The van der Waals surface area contributed by atoms with Crippen molar-refractivity contribution in [2.24, 2.45) is 5.92 Å².